The van der Waals surface area contributed by atoms with Gasteiger partial charge in [0, 0.05) is 36.8 Å². The van der Waals surface area contributed by atoms with Crippen LogP contribution >= 0.6 is 0 Å². The molecule has 2 saturated heterocycles. The van der Waals surface area contributed by atoms with Gasteiger partial charge in [-0.25, -0.2) is 0 Å². The molecule has 1 aromatic carbocycles. The van der Waals surface area contributed by atoms with E-state index in [1.807, 2.05) is 30.3 Å². The first-order chi connectivity index (χ1) is 18.9. The molecule has 15 N–H and O–H groups in total. The van der Waals surface area contributed by atoms with Gasteiger partial charge in [-0.05, 0) is 25.5 Å². The average Bonchev–Trinajstić information content (AvgIpc) is 2.94. The van der Waals surface area contributed by atoms with Crippen LogP contribution in [0.5, 0.6) is 0 Å². The SMILES string of the molecule is C[C@H]1O[C@@H]([C@H]2[C@H]([C@H]3O[C@H](CN)[C@@H](O)[C@H](O)[C@H]3N)[C@@H](N)C[C@](N)(OCc3ccccc3)[C@@H]2O)[C@H](O)[C@@H](CCN)[C@@H]1O. The number of aliphatic hydroxyl groups excluding tert-OH is 5. The maximum Gasteiger partial charge on any atom is 0.145 e. The molecule has 0 spiro atoms. The second kappa shape index (κ2) is 12.9. The highest BCUT2D eigenvalue weighted by molar-refractivity contribution is 5.15. The Morgan fingerprint density at radius 1 is 0.900 bits per heavy atom. The molecule has 2 heterocycles. The highest BCUT2D eigenvalue weighted by Crippen LogP contribution is 2.46. The van der Waals surface area contributed by atoms with Crippen LogP contribution < -0.4 is 28.7 Å². The standard InChI is InChI=1S/C27H47N5O8/c1-12-20(33)14(7-8-28)21(34)25(39-12)18-17(24-19(31)23(36)22(35)16(10-29)40-24)15(30)9-27(32,26(18)37)38-11-13-5-3-2-4-6-13/h2-6,12,14-26,33-37H,7-11,28-32H2,1H3/t12-,14+,15+,16-,17-,18-,19-,20-,21-,22-,23-,24-,25+,26-,27+/m1/s1. The summed E-state index contributed by atoms with van der Waals surface area (Å²) >= 11 is 0. The molecular weight excluding hydrogens is 522 g/mol. The Bertz CT molecular complexity index is 949. The molecule has 0 amide bonds. The van der Waals surface area contributed by atoms with Crippen LogP contribution in [0.15, 0.2) is 30.3 Å². The molecule has 13 heteroatoms. The van der Waals surface area contributed by atoms with Gasteiger partial charge < -0.3 is 68.4 Å². The number of aliphatic hydroxyl groups is 5. The Labute approximate surface area is 234 Å². The molecule has 1 saturated carbocycles. The first-order valence-electron chi connectivity index (χ1n) is 14.0. The molecule has 13 nitrogen and oxygen atoms in total. The summed E-state index contributed by atoms with van der Waals surface area (Å²) < 4.78 is 18.4. The van der Waals surface area contributed by atoms with E-state index in [0.717, 1.165) is 5.56 Å². The maximum atomic E-state index is 11.9. The molecule has 3 fully saturated rings. The van der Waals surface area contributed by atoms with Crippen LogP contribution in [0, 0.1) is 17.8 Å². The van der Waals surface area contributed by atoms with E-state index < -0.39 is 90.5 Å². The molecule has 0 unspecified atom stereocenters. The second-order valence-corrected chi connectivity index (χ2v) is 11.7. The number of rotatable bonds is 8. The van der Waals surface area contributed by atoms with E-state index in [9.17, 15) is 25.5 Å². The largest absolute Gasteiger partial charge is 0.390 e. The van der Waals surface area contributed by atoms with E-state index in [2.05, 4.69) is 0 Å². The Hall–Kier alpha value is -1.30. The molecular formula is C27H47N5O8. The van der Waals surface area contributed by atoms with Gasteiger partial charge in [-0.2, -0.15) is 0 Å². The van der Waals surface area contributed by atoms with Crippen molar-refractivity contribution < 1.29 is 39.7 Å². The van der Waals surface area contributed by atoms with E-state index in [1.54, 1.807) is 6.92 Å². The van der Waals surface area contributed by atoms with Crippen LogP contribution in [0.25, 0.3) is 0 Å². The van der Waals surface area contributed by atoms with Gasteiger partial charge in [-0.3, -0.25) is 0 Å². The average molecular weight is 570 g/mol. The third kappa shape index (κ3) is 5.95. The number of hydrogen-bond donors (Lipinski definition) is 10. The lowest BCUT2D eigenvalue weighted by molar-refractivity contribution is -0.278. The zero-order valence-corrected chi connectivity index (χ0v) is 22.9. The van der Waals surface area contributed by atoms with Crippen LogP contribution in [-0.2, 0) is 20.8 Å². The third-order valence-electron chi connectivity index (χ3n) is 9.10. The van der Waals surface area contributed by atoms with Gasteiger partial charge in [0.1, 0.15) is 24.0 Å². The first kappa shape index (κ1) is 31.6. The summed E-state index contributed by atoms with van der Waals surface area (Å²) in [6.45, 7) is 1.89. The highest BCUT2D eigenvalue weighted by Gasteiger charge is 2.61. The van der Waals surface area contributed by atoms with E-state index in [4.69, 9.17) is 42.9 Å². The minimum absolute atomic E-state index is 0.00604. The van der Waals surface area contributed by atoms with Crippen LogP contribution in [0.4, 0.5) is 0 Å². The van der Waals surface area contributed by atoms with E-state index >= 15 is 0 Å². The van der Waals surface area contributed by atoms with Crippen molar-refractivity contribution in [3.05, 3.63) is 35.9 Å². The summed E-state index contributed by atoms with van der Waals surface area (Å²) in [5.74, 6) is -2.46. The molecule has 0 aromatic heterocycles. The van der Waals surface area contributed by atoms with Gasteiger partial charge in [0.2, 0.25) is 0 Å². The monoisotopic (exact) mass is 569 g/mol. The smallest absolute Gasteiger partial charge is 0.145 e. The number of benzene rings is 1. The summed E-state index contributed by atoms with van der Waals surface area (Å²) in [6, 6.07) is 7.42. The summed E-state index contributed by atoms with van der Waals surface area (Å²) in [5, 5.41) is 55.4. The maximum absolute atomic E-state index is 11.9. The van der Waals surface area contributed by atoms with Crippen LogP contribution in [0.2, 0.25) is 0 Å². The lowest BCUT2D eigenvalue weighted by Gasteiger charge is -2.57. The van der Waals surface area contributed by atoms with Gasteiger partial charge in [0.15, 0.2) is 0 Å². The molecule has 15 atom stereocenters. The quantitative estimate of drug-likeness (QED) is 0.136. The number of ether oxygens (including phenoxy) is 3. The van der Waals surface area contributed by atoms with E-state index in [0.29, 0.717) is 6.42 Å². The van der Waals surface area contributed by atoms with Crippen molar-refractivity contribution in [3.63, 3.8) is 0 Å². The van der Waals surface area contributed by atoms with Crippen LogP contribution in [-0.4, -0.2) is 111 Å². The van der Waals surface area contributed by atoms with E-state index in [-0.39, 0.29) is 26.1 Å². The van der Waals surface area contributed by atoms with Crippen molar-refractivity contribution in [2.45, 2.75) is 99.1 Å². The van der Waals surface area contributed by atoms with Gasteiger partial charge in [0.25, 0.3) is 0 Å². The van der Waals surface area contributed by atoms with Crippen LogP contribution in [0.3, 0.4) is 0 Å². The molecule has 0 bridgehead atoms. The fraction of sp³-hybridized carbons (Fsp3) is 0.778. The Balaban J connectivity index is 1.73. The molecule has 3 aliphatic rings. The topological polar surface area (TPSA) is 259 Å². The van der Waals surface area contributed by atoms with Gasteiger partial charge >= 0.3 is 0 Å². The second-order valence-electron chi connectivity index (χ2n) is 11.7. The van der Waals surface area contributed by atoms with Crippen molar-refractivity contribution in [1.29, 1.82) is 0 Å². The van der Waals surface area contributed by atoms with Crippen molar-refractivity contribution >= 4 is 0 Å². The van der Waals surface area contributed by atoms with Crippen LogP contribution in [0.1, 0.15) is 25.3 Å². The molecule has 1 aliphatic carbocycles. The lowest BCUT2D eigenvalue weighted by Crippen LogP contribution is -2.75. The fourth-order valence-electron chi connectivity index (χ4n) is 6.86. The van der Waals surface area contributed by atoms with Gasteiger partial charge in [-0.15, -0.1) is 0 Å². The van der Waals surface area contributed by atoms with E-state index in [1.165, 1.54) is 0 Å². The van der Waals surface area contributed by atoms with Gasteiger partial charge in [0.05, 0.1) is 49.3 Å². The number of nitrogens with two attached hydrogens (primary N) is 5. The zero-order chi connectivity index (χ0) is 29.4. The molecule has 1 aromatic rings. The molecule has 0 radical (unpaired) electrons. The Morgan fingerprint density at radius 2 is 1.57 bits per heavy atom. The predicted molar refractivity (Wildman–Crippen MR) is 145 cm³/mol. The summed E-state index contributed by atoms with van der Waals surface area (Å²) in [4.78, 5) is 0. The molecule has 4 rings (SSSR count). The summed E-state index contributed by atoms with van der Waals surface area (Å²) in [7, 11) is 0. The van der Waals surface area contributed by atoms with Crippen molar-refractivity contribution in [1.82, 2.24) is 0 Å². The predicted octanol–water partition coefficient (Wildman–Crippen LogP) is -3.57. The minimum atomic E-state index is -1.65. The van der Waals surface area contributed by atoms with Crippen molar-refractivity contribution in [3.8, 4) is 0 Å². The minimum Gasteiger partial charge on any atom is -0.390 e. The third-order valence-corrected chi connectivity index (χ3v) is 9.10. The van der Waals surface area contributed by atoms with Crippen molar-refractivity contribution in [2.75, 3.05) is 13.1 Å². The molecule has 40 heavy (non-hydrogen) atoms. The lowest BCUT2D eigenvalue weighted by atomic mass is 9.62. The fourth-order valence-corrected chi connectivity index (χ4v) is 6.86. The zero-order valence-electron chi connectivity index (χ0n) is 22.9. The highest BCUT2D eigenvalue weighted by atomic mass is 16.5. The Kier molecular flexibility index (Phi) is 10.2. The van der Waals surface area contributed by atoms with Crippen molar-refractivity contribution in [2.24, 2.45) is 46.4 Å². The first-order valence-corrected chi connectivity index (χ1v) is 14.0. The summed E-state index contributed by atoms with van der Waals surface area (Å²) in [5.41, 5.74) is 30.7. The molecule has 228 valence electrons. The number of hydrogen-bond acceptors (Lipinski definition) is 13. The Morgan fingerprint density at radius 3 is 2.20 bits per heavy atom. The van der Waals surface area contributed by atoms with Gasteiger partial charge in [-0.1, -0.05) is 30.3 Å². The molecule has 2 aliphatic heterocycles. The normalized spacial score (nSPS) is 48.2. The summed E-state index contributed by atoms with van der Waals surface area (Å²) in [6.07, 6.45) is -9.76.